The molecule has 0 aliphatic rings. The van der Waals surface area contributed by atoms with Crippen molar-refractivity contribution in [3.63, 3.8) is 0 Å². The van der Waals surface area contributed by atoms with Gasteiger partial charge in [-0.1, -0.05) is 18.2 Å². The van der Waals surface area contributed by atoms with Crippen molar-refractivity contribution in [3.8, 4) is 0 Å². The molecular formula is C12H15Cl2N3O4S. The van der Waals surface area contributed by atoms with Crippen LogP contribution < -0.4 is 10.5 Å². The number of nitrogens with one attached hydrogen (secondary N) is 1. The van der Waals surface area contributed by atoms with E-state index in [1.807, 2.05) is 0 Å². The van der Waals surface area contributed by atoms with Gasteiger partial charge >= 0.3 is 5.97 Å². The number of aromatic nitrogens is 1. The lowest BCUT2D eigenvalue weighted by molar-refractivity contribution is -0.138. The largest absolute Gasteiger partial charge is 0.480 e. The number of aliphatic carboxylic acids is 1. The molecule has 4 N–H and O–H groups in total. The van der Waals surface area contributed by atoms with Crippen molar-refractivity contribution in [2.75, 3.05) is 6.54 Å². The van der Waals surface area contributed by atoms with Gasteiger partial charge in [-0.3, -0.25) is 9.78 Å². The van der Waals surface area contributed by atoms with Gasteiger partial charge in [-0.2, -0.15) is 4.72 Å². The van der Waals surface area contributed by atoms with Crippen molar-refractivity contribution in [2.24, 2.45) is 5.73 Å². The molecule has 0 aliphatic heterocycles. The topological polar surface area (TPSA) is 122 Å². The first-order valence-electron chi connectivity index (χ1n) is 5.74. The maximum absolute atomic E-state index is 12.2. The zero-order valence-corrected chi connectivity index (χ0v) is 13.6. The number of hydrogen-bond acceptors (Lipinski definition) is 5. The molecule has 0 spiro atoms. The summed E-state index contributed by atoms with van der Waals surface area (Å²) in [6.45, 7) is -0.341. The van der Waals surface area contributed by atoms with Crippen LogP contribution in [-0.4, -0.2) is 37.1 Å². The smallest absolute Gasteiger partial charge is 0.323 e. The number of pyridine rings is 1. The van der Waals surface area contributed by atoms with Gasteiger partial charge in [-0.05, 0) is 12.1 Å². The van der Waals surface area contributed by atoms with Gasteiger partial charge in [0.15, 0.2) is 0 Å². The molecule has 10 heteroatoms. The summed E-state index contributed by atoms with van der Waals surface area (Å²) in [7, 11) is -4.02. The predicted octanol–water partition coefficient (Wildman–Crippen LogP) is 0.769. The first-order chi connectivity index (χ1) is 9.45. The predicted molar refractivity (Wildman–Crippen MR) is 87.0 cm³/mol. The minimum absolute atomic E-state index is 0. The van der Waals surface area contributed by atoms with Gasteiger partial charge < -0.3 is 10.8 Å². The highest BCUT2D eigenvalue weighted by Gasteiger charge is 2.25. The van der Waals surface area contributed by atoms with Crippen molar-refractivity contribution in [1.29, 1.82) is 0 Å². The van der Waals surface area contributed by atoms with Gasteiger partial charge in [0.1, 0.15) is 10.9 Å². The van der Waals surface area contributed by atoms with Crippen LogP contribution in [0.2, 0.25) is 0 Å². The maximum Gasteiger partial charge on any atom is 0.323 e. The Hall–Kier alpha value is -1.45. The standard InChI is InChI=1S/C12H13N3O4S.2ClH/c13-7-9(12(16)17)15-20(18,19)10-5-1-3-8-4-2-6-14-11(8)10;;/h1-6,9,15H,7,13H2,(H,16,17);2*1H/t9-;;/m0../s1. The van der Waals surface area contributed by atoms with E-state index in [4.69, 9.17) is 10.8 Å². The van der Waals surface area contributed by atoms with E-state index in [-0.39, 0.29) is 41.8 Å². The summed E-state index contributed by atoms with van der Waals surface area (Å²) in [5.74, 6) is -1.33. The fourth-order valence-corrected chi connectivity index (χ4v) is 3.12. The maximum atomic E-state index is 12.2. The summed E-state index contributed by atoms with van der Waals surface area (Å²) in [6, 6.07) is 6.69. The lowest BCUT2D eigenvalue weighted by Gasteiger charge is -2.13. The highest BCUT2D eigenvalue weighted by atomic mass is 35.5. The Morgan fingerprint density at radius 3 is 2.50 bits per heavy atom. The zero-order valence-electron chi connectivity index (χ0n) is 11.2. The molecule has 0 unspecified atom stereocenters. The molecule has 0 bridgehead atoms. The summed E-state index contributed by atoms with van der Waals surface area (Å²) < 4.78 is 26.6. The molecule has 0 radical (unpaired) electrons. The molecule has 1 atom stereocenters. The van der Waals surface area contributed by atoms with E-state index in [1.54, 1.807) is 24.3 Å². The van der Waals surface area contributed by atoms with E-state index in [0.29, 0.717) is 5.39 Å². The van der Waals surface area contributed by atoms with E-state index >= 15 is 0 Å². The number of halogens is 2. The fraction of sp³-hybridized carbons (Fsp3) is 0.167. The molecule has 2 aromatic rings. The Morgan fingerprint density at radius 2 is 1.91 bits per heavy atom. The van der Waals surface area contributed by atoms with Crippen LogP contribution in [0.1, 0.15) is 0 Å². The minimum atomic E-state index is -4.02. The second kappa shape index (κ2) is 8.25. The first kappa shape index (κ1) is 20.6. The number of carboxylic acids is 1. The summed E-state index contributed by atoms with van der Waals surface area (Å²) in [6.07, 6.45) is 1.47. The Morgan fingerprint density at radius 1 is 1.27 bits per heavy atom. The molecule has 1 aromatic heterocycles. The number of benzene rings is 1. The fourth-order valence-electron chi connectivity index (χ4n) is 1.74. The van der Waals surface area contributed by atoms with Gasteiger partial charge in [0, 0.05) is 18.1 Å². The third-order valence-electron chi connectivity index (χ3n) is 2.72. The molecule has 0 saturated carbocycles. The third-order valence-corrected chi connectivity index (χ3v) is 4.22. The third kappa shape index (κ3) is 4.28. The van der Waals surface area contributed by atoms with Crippen molar-refractivity contribution in [2.45, 2.75) is 10.9 Å². The number of carboxylic acid groups (broad SMARTS) is 1. The summed E-state index contributed by atoms with van der Waals surface area (Å²) >= 11 is 0. The second-order valence-electron chi connectivity index (χ2n) is 4.08. The lowest BCUT2D eigenvalue weighted by atomic mass is 10.2. The van der Waals surface area contributed by atoms with Crippen molar-refractivity contribution < 1.29 is 18.3 Å². The molecule has 2 rings (SSSR count). The lowest BCUT2D eigenvalue weighted by Crippen LogP contribution is -2.45. The van der Waals surface area contributed by atoms with Crippen molar-refractivity contribution in [3.05, 3.63) is 36.5 Å². The van der Waals surface area contributed by atoms with Crippen LogP contribution in [0.3, 0.4) is 0 Å². The first-order valence-corrected chi connectivity index (χ1v) is 7.23. The van der Waals surface area contributed by atoms with Gasteiger partial charge in [-0.25, -0.2) is 8.42 Å². The zero-order chi connectivity index (χ0) is 14.8. The molecule has 122 valence electrons. The summed E-state index contributed by atoms with van der Waals surface area (Å²) in [5.41, 5.74) is 5.53. The number of para-hydroxylation sites is 1. The molecular weight excluding hydrogens is 353 g/mol. The molecule has 0 aliphatic carbocycles. The molecule has 0 saturated heterocycles. The van der Waals surface area contributed by atoms with Gasteiger partial charge in [0.2, 0.25) is 10.0 Å². The number of hydrogen-bond donors (Lipinski definition) is 3. The molecule has 0 fully saturated rings. The quantitative estimate of drug-likeness (QED) is 0.717. The summed E-state index contributed by atoms with van der Waals surface area (Å²) in [4.78, 5) is 14.8. The van der Waals surface area contributed by atoms with Crippen LogP contribution in [0.15, 0.2) is 41.4 Å². The normalized spacial score (nSPS) is 12.0. The Kier molecular flexibility index (Phi) is 7.71. The van der Waals surface area contributed by atoms with E-state index in [0.717, 1.165) is 0 Å². The number of rotatable bonds is 5. The molecule has 7 nitrogen and oxygen atoms in total. The molecule has 1 aromatic carbocycles. The molecule has 0 amide bonds. The SMILES string of the molecule is Cl.Cl.NC[C@H](NS(=O)(=O)c1cccc2cccnc12)C(=O)O. The van der Waals surface area contributed by atoms with E-state index < -0.39 is 22.0 Å². The average Bonchev–Trinajstić information content (AvgIpc) is 2.43. The van der Waals surface area contributed by atoms with Gasteiger partial charge in [0.05, 0.1) is 5.52 Å². The molecule has 1 heterocycles. The second-order valence-corrected chi connectivity index (χ2v) is 5.76. The van der Waals surface area contributed by atoms with Crippen LogP contribution in [0.5, 0.6) is 0 Å². The van der Waals surface area contributed by atoms with Gasteiger partial charge in [-0.15, -0.1) is 24.8 Å². The monoisotopic (exact) mass is 367 g/mol. The van der Waals surface area contributed by atoms with E-state index in [1.165, 1.54) is 12.3 Å². The average molecular weight is 368 g/mol. The van der Waals surface area contributed by atoms with Crippen LogP contribution >= 0.6 is 24.8 Å². The van der Waals surface area contributed by atoms with Crippen LogP contribution in [0, 0.1) is 0 Å². The van der Waals surface area contributed by atoms with Crippen molar-refractivity contribution in [1.82, 2.24) is 9.71 Å². The highest BCUT2D eigenvalue weighted by molar-refractivity contribution is 7.89. The number of nitrogens with zero attached hydrogens (tertiary/aromatic N) is 1. The molecule has 22 heavy (non-hydrogen) atoms. The minimum Gasteiger partial charge on any atom is -0.480 e. The number of nitrogens with two attached hydrogens (primary N) is 1. The Bertz CT molecular complexity index is 750. The number of fused-ring (bicyclic) bond motifs is 1. The van der Waals surface area contributed by atoms with E-state index in [2.05, 4.69) is 9.71 Å². The van der Waals surface area contributed by atoms with Gasteiger partial charge in [0.25, 0.3) is 0 Å². The van der Waals surface area contributed by atoms with Crippen molar-refractivity contribution >= 4 is 51.7 Å². The Labute approximate surface area is 139 Å². The highest BCUT2D eigenvalue weighted by Crippen LogP contribution is 2.20. The van der Waals surface area contributed by atoms with Crippen LogP contribution in [0.25, 0.3) is 10.9 Å². The van der Waals surface area contributed by atoms with E-state index in [9.17, 15) is 13.2 Å². The van der Waals surface area contributed by atoms with Crippen LogP contribution in [-0.2, 0) is 14.8 Å². The number of sulfonamides is 1. The number of carbonyl (C=O) groups is 1. The summed E-state index contributed by atoms with van der Waals surface area (Å²) in [5, 5.41) is 9.52. The van der Waals surface area contributed by atoms with Crippen LogP contribution in [0.4, 0.5) is 0 Å². The Balaban J connectivity index is 0.00000220.